The van der Waals surface area contributed by atoms with Crippen LogP contribution in [0, 0.1) is 0 Å². The van der Waals surface area contributed by atoms with Crippen molar-refractivity contribution in [3.63, 3.8) is 0 Å². The summed E-state index contributed by atoms with van der Waals surface area (Å²) < 4.78 is 24.3. The van der Waals surface area contributed by atoms with Crippen molar-refractivity contribution in [3.05, 3.63) is 29.6 Å². The Balaban J connectivity index is 2.75. The fourth-order valence-electron chi connectivity index (χ4n) is 1.01. The number of hydrogen-bond acceptors (Lipinski definition) is 2. The molecule has 1 amide bonds. The number of carbonyl (C=O) groups excluding carboxylic acids is 1. The fraction of sp³-hybridized carbons (Fsp3) is 0.400. The number of halogens is 2. The highest BCUT2D eigenvalue weighted by atomic mass is 19.3. The van der Waals surface area contributed by atoms with Crippen molar-refractivity contribution < 1.29 is 13.6 Å². The molecule has 0 radical (unpaired) electrons. The number of amides is 1. The van der Waals surface area contributed by atoms with Gasteiger partial charge in [0.05, 0.1) is 5.56 Å². The van der Waals surface area contributed by atoms with E-state index in [4.69, 9.17) is 0 Å². The predicted molar refractivity (Wildman–Crippen MR) is 51.8 cm³/mol. The maximum atomic E-state index is 12.1. The van der Waals surface area contributed by atoms with E-state index in [1.807, 2.05) is 13.8 Å². The summed E-state index contributed by atoms with van der Waals surface area (Å²) in [5, 5.41) is 2.64. The molecule has 0 saturated carbocycles. The summed E-state index contributed by atoms with van der Waals surface area (Å²) in [6.45, 7) is 3.64. The molecule has 0 bridgehead atoms. The lowest BCUT2D eigenvalue weighted by atomic mass is 10.2. The molecule has 0 aromatic carbocycles. The molecule has 3 nitrogen and oxygen atoms in total. The van der Waals surface area contributed by atoms with Crippen molar-refractivity contribution in [3.8, 4) is 0 Å². The van der Waals surface area contributed by atoms with Gasteiger partial charge in [-0.2, -0.15) is 0 Å². The number of aromatic nitrogens is 1. The quantitative estimate of drug-likeness (QED) is 0.837. The van der Waals surface area contributed by atoms with Crippen LogP contribution >= 0.6 is 0 Å². The van der Waals surface area contributed by atoms with Gasteiger partial charge in [-0.3, -0.25) is 9.78 Å². The van der Waals surface area contributed by atoms with Crippen LogP contribution in [-0.2, 0) is 0 Å². The average molecular weight is 214 g/mol. The zero-order chi connectivity index (χ0) is 11.4. The molecule has 5 heteroatoms. The number of rotatable bonds is 3. The molecule has 0 aliphatic heterocycles. The van der Waals surface area contributed by atoms with Crippen LogP contribution in [0.3, 0.4) is 0 Å². The SMILES string of the molecule is CC(C)NC(=O)c1ccc(C(F)F)nc1. The zero-order valence-electron chi connectivity index (χ0n) is 8.50. The smallest absolute Gasteiger partial charge is 0.280 e. The normalized spacial score (nSPS) is 10.8. The van der Waals surface area contributed by atoms with Crippen LogP contribution < -0.4 is 5.32 Å². The van der Waals surface area contributed by atoms with Crippen molar-refractivity contribution in [2.45, 2.75) is 26.3 Å². The summed E-state index contributed by atoms with van der Waals surface area (Å²) >= 11 is 0. The van der Waals surface area contributed by atoms with Crippen molar-refractivity contribution in [1.29, 1.82) is 0 Å². The second kappa shape index (κ2) is 4.82. The molecule has 1 heterocycles. The summed E-state index contributed by atoms with van der Waals surface area (Å²) in [5.41, 5.74) is -0.0378. The molecule has 1 N–H and O–H groups in total. The van der Waals surface area contributed by atoms with E-state index < -0.39 is 6.43 Å². The van der Waals surface area contributed by atoms with E-state index in [0.717, 1.165) is 12.3 Å². The molecule has 0 spiro atoms. The molecule has 15 heavy (non-hydrogen) atoms. The van der Waals surface area contributed by atoms with Gasteiger partial charge in [0.15, 0.2) is 0 Å². The number of carbonyl (C=O) groups is 1. The highest BCUT2D eigenvalue weighted by molar-refractivity contribution is 5.93. The first kappa shape index (κ1) is 11.6. The monoisotopic (exact) mass is 214 g/mol. The van der Waals surface area contributed by atoms with Gasteiger partial charge in [-0.15, -0.1) is 0 Å². The lowest BCUT2D eigenvalue weighted by Crippen LogP contribution is -2.30. The number of hydrogen-bond donors (Lipinski definition) is 1. The van der Waals surface area contributed by atoms with Crippen LogP contribution in [0.15, 0.2) is 18.3 Å². The van der Waals surface area contributed by atoms with Crippen LogP contribution in [0.25, 0.3) is 0 Å². The topological polar surface area (TPSA) is 42.0 Å². The fourth-order valence-corrected chi connectivity index (χ4v) is 1.01. The third kappa shape index (κ3) is 3.27. The first-order valence-electron chi connectivity index (χ1n) is 4.55. The van der Waals surface area contributed by atoms with Crippen LogP contribution in [0.1, 0.15) is 36.3 Å². The Kier molecular flexibility index (Phi) is 3.71. The maximum Gasteiger partial charge on any atom is 0.280 e. The van der Waals surface area contributed by atoms with Crippen molar-refractivity contribution in [1.82, 2.24) is 10.3 Å². The van der Waals surface area contributed by atoms with E-state index in [2.05, 4.69) is 10.3 Å². The minimum atomic E-state index is -2.60. The minimum Gasteiger partial charge on any atom is -0.350 e. The Hall–Kier alpha value is -1.52. The van der Waals surface area contributed by atoms with Gasteiger partial charge in [0, 0.05) is 12.2 Å². The predicted octanol–water partition coefficient (Wildman–Crippen LogP) is 2.16. The summed E-state index contributed by atoms with van der Waals surface area (Å²) in [4.78, 5) is 14.9. The Morgan fingerprint density at radius 3 is 2.47 bits per heavy atom. The van der Waals surface area contributed by atoms with Crippen molar-refractivity contribution >= 4 is 5.91 Å². The molecule has 82 valence electrons. The largest absolute Gasteiger partial charge is 0.350 e. The first-order chi connectivity index (χ1) is 7.00. The molecule has 0 fully saturated rings. The summed E-state index contributed by atoms with van der Waals surface area (Å²) in [5.74, 6) is -0.307. The maximum absolute atomic E-state index is 12.1. The average Bonchev–Trinajstić information content (AvgIpc) is 2.17. The van der Waals surface area contributed by atoms with E-state index in [0.29, 0.717) is 0 Å². The second-order valence-corrected chi connectivity index (χ2v) is 3.40. The number of nitrogens with zero attached hydrogens (tertiary/aromatic N) is 1. The third-order valence-electron chi connectivity index (χ3n) is 1.69. The molecule has 1 rings (SSSR count). The van der Waals surface area contributed by atoms with Crippen LogP contribution in [-0.4, -0.2) is 16.9 Å². The van der Waals surface area contributed by atoms with Gasteiger partial charge in [0.2, 0.25) is 0 Å². The lowest BCUT2D eigenvalue weighted by Gasteiger charge is -2.08. The Labute approximate surface area is 86.5 Å². The van der Waals surface area contributed by atoms with Crippen molar-refractivity contribution in [2.75, 3.05) is 0 Å². The summed E-state index contributed by atoms with van der Waals surface area (Å²) in [6.07, 6.45) is -1.45. The molecular weight excluding hydrogens is 202 g/mol. The van der Waals surface area contributed by atoms with Crippen molar-refractivity contribution in [2.24, 2.45) is 0 Å². The van der Waals surface area contributed by atoms with E-state index in [1.54, 1.807) is 0 Å². The van der Waals surface area contributed by atoms with Gasteiger partial charge in [-0.05, 0) is 26.0 Å². The Morgan fingerprint density at radius 2 is 2.07 bits per heavy atom. The number of alkyl halides is 2. The number of nitrogens with one attached hydrogen (secondary N) is 1. The second-order valence-electron chi connectivity index (χ2n) is 3.40. The highest BCUT2D eigenvalue weighted by Gasteiger charge is 2.11. The zero-order valence-corrected chi connectivity index (χ0v) is 8.50. The molecular formula is C10H12F2N2O. The van der Waals surface area contributed by atoms with Gasteiger partial charge in [0.25, 0.3) is 12.3 Å². The molecule has 0 aliphatic rings. The van der Waals surface area contributed by atoms with Gasteiger partial charge in [-0.1, -0.05) is 0 Å². The third-order valence-corrected chi connectivity index (χ3v) is 1.69. The van der Waals surface area contributed by atoms with E-state index in [9.17, 15) is 13.6 Å². The molecule has 1 aromatic rings. The van der Waals surface area contributed by atoms with Crippen LogP contribution in [0.4, 0.5) is 8.78 Å². The molecule has 0 unspecified atom stereocenters. The molecule has 1 aromatic heterocycles. The van der Waals surface area contributed by atoms with Gasteiger partial charge in [0.1, 0.15) is 5.69 Å². The number of pyridine rings is 1. The van der Waals surface area contributed by atoms with Gasteiger partial charge >= 0.3 is 0 Å². The molecule has 0 aliphatic carbocycles. The Morgan fingerprint density at radius 1 is 1.40 bits per heavy atom. The standard InChI is InChI=1S/C10H12F2N2O/c1-6(2)14-10(15)7-3-4-8(9(11)12)13-5-7/h3-6,9H,1-2H3,(H,14,15). The van der Waals surface area contributed by atoms with Crippen LogP contribution in [0.5, 0.6) is 0 Å². The lowest BCUT2D eigenvalue weighted by molar-refractivity contribution is 0.0942. The van der Waals surface area contributed by atoms with E-state index in [-0.39, 0.29) is 23.2 Å². The summed E-state index contributed by atoms with van der Waals surface area (Å²) in [7, 11) is 0. The highest BCUT2D eigenvalue weighted by Crippen LogP contribution is 2.15. The van der Waals surface area contributed by atoms with E-state index >= 15 is 0 Å². The molecule has 0 saturated heterocycles. The van der Waals surface area contributed by atoms with Crippen LogP contribution in [0.2, 0.25) is 0 Å². The Bertz CT molecular complexity index is 336. The molecule has 0 atom stereocenters. The van der Waals surface area contributed by atoms with Gasteiger partial charge in [-0.25, -0.2) is 8.78 Å². The van der Waals surface area contributed by atoms with E-state index in [1.165, 1.54) is 6.07 Å². The van der Waals surface area contributed by atoms with Gasteiger partial charge < -0.3 is 5.32 Å². The summed E-state index contributed by atoms with van der Waals surface area (Å²) in [6, 6.07) is 2.50. The first-order valence-corrected chi connectivity index (χ1v) is 4.55. The minimum absolute atomic E-state index is 0.00674.